The maximum absolute atomic E-state index is 12.9. The van der Waals surface area contributed by atoms with Gasteiger partial charge in [0.05, 0.1) is 23.1 Å². The first-order valence-electron chi connectivity index (χ1n) is 9.66. The van der Waals surface area contributed by atoms with Crippen LogP contribution in [0, 0.1) is 19.8 Å². The lowest BCUT2D eigenvalue weighted by Crippen LogP contribution is -2.57. The van der Waals surface area contributed by atoms with Crippen molar-refractivity contribution in [2.45, 2.75) is 71.8 Å². The number of hydrogen-bond acceptors (Lipinski definition) is 3. The minimum absolute atomic E-state index is 0.160. The standard InChI is InChI=1S/C21H29Cl2NO3/c1-5-15-7-9-21(10-8-15,20(26)27-6-2)24-18(25)12-16-13(3)11-17(22)19(23)14(16)4/h11,15H,5-10,12H2,1-4H3,(H,24,25). The van der Waals surface area contributed by atoms with Crippen LogP contribution in [-0.2, 0) is 20.7 Å². The molecule has 0 heterocycles. The van der Waals surface area contributed by atoms with Gasteiger partial charge >= 0.3 is 5.97 Å². The van der Waals surface area contributed by atoms with Gasteiger partial charge in [-0.05, 0) is 75.1 Å². The van der Waals surface area contributed by atoms with Gasteiger partial charge in [-0.15, -0.1) is 0 Å². The monoisotopic (exact) mass is 413 g/mol. The Morgan fingerprint density at radius 2 is 1.85 bits per heavy atom. The molecule has 1 aliphatic carbocycles. The van der Waals surface area contributed by atoms with E-state index in [0.717, 1.165) is 36.0 Å². The van der Waals surface area contributed by atoms with Crippen molar-refractivity contribution >= 4 is 35.1 Å². The van der Waals surface area contributed by atoms with Gasteiger partial charge in [-0.3, -0.25) is 4.79 Å². The summed E-state index contributed by atoms with van der Waals surface area (Å²) in [6, 6.07) is 1.77. The highest BCUT2D eigenvalue weighted by Crippen LogP contribution is 2.35. The Morgan fingerprint density at radius 3 is 2.41 bits per heavy atom. The highest BCUT2D eigenvalue weighted by molar-refractivity contribution is 6.42. The number of hydrogen-bond donors (Lipinski definition) is 1. The van der Waals surface area contributed by atoms with Crippen molar-refractivity contribution in [2.24, 2.45) is 5.92 Å². The number of halogens is 2. The molecule has 0 unspecified atom stereocenters. The molecular weight excluding hydrogens is 385 g/mol. The van der Waals surface area contributed by atoms with Gasteiger partial charge < -0.3 is 10.1 Å². The van der Waals surface area contributed by atoms with Crippen LogP contribution in [0.15, 0.2) is 6.07 Å². The lowest BCUT2D eigenvalue weighted by Gasteiger charge is -2.38. The zero-order valence-corrected chi connectivity index (χ0v) is 18.1. The van der Waals surface area contributed by atoms with Gasteiger partial charge in [0.15, 0.2) is 0 Å². The third-order valence-electron chi connectivity index (χ3n) is 5.73. The lowest BCUT2D eigenvalue weighted by atomic mass is 9.75. The molecule has 1 amide bonds. The number of rotatable bonds is 6. The molecule has 0 aliphatic heterocycles. The van der Waals surface area contributed by atoms with E-state index in [0.29, 0.717) is 35.4 Å². The van der Waals surface area contributed by atoms with Crippen molar-refractivity contribution < 1.29 is 14.3 Å². The van der Waals surface area contributed by atoms with Gasteiger partial charge in [-0.25, -0.2) is 4.79 Å². The SMILES string of the molecule is CCOC(=O)C1(NC(=O)Cc2c(C)cc(Cl)c(Cl)c2C)CCC(CC)CC1. The third-order valence-corrected chi connectivity index (χ3v) is 6.61. The first-order chi connectivity index (χ1) is 12.7. The van der Waals surface area contributed by atoms with Gasteiger partial charge in [0.25, 0.3) is 0 Å². The second kappa shape index (κ2) is 9.29. The molecule has 0 bridgehead atoms. The average molecular weight is 414 g/mol. The topological polar surface area (TPSA) is 55.4 Å². The fourth-order valence-electron chi connectivity index (χ4n) is 3.92. The molecule has 0 saturated heterocycles. The molecule has 0 atom stereocenters. The summed E-state index contributed by atoms with van der Waals surface area (Å²) in [4.78, 5) is 25.5. The quantitative estimate of drug-likeness (QED) is 0.654. The van der Waals surface area contributed by atoms with Crippen LogP contribution in [0.25, 0.3) is 0 Å². The van der Waals surface area contributed by atoms with E-state index in [9.17, 15) is 9.59 Å². The van der Waals surface area contributed by atoms with Crippen LogP contribution in [0.2, 0.25) is 10.0 Å². The molecule has 2 rings (SSSR count). The van der Waals surface area contributed by atoms with E-state index >= 15 is 0 Å². The highest BCUT2D eigenvalue weighted by atomic mass is 35.5. The van der Waals surface area contributed by atoms with Crippen molar-refractivity contribution in [3.8, 4) is 0 Å². The van der Waals surface area contributed by atoms with Gasteiger partial charge in [-0.2, -0.15) is 0 Å². The van der Waals surface area contributed by atoms with Crippen LogP contribution in [0.5, 0.6) is 0 Å². The first kappa shape index (κ1) is 22.0. The molecule has 0 aromatic heterocycles. The van der Waals surface area contributed by atoms with Gasteiger partial charge in [0, 0.05) is 0 Å². The Bertz CT molecular complexity index is 710. The Kier molecular flexibility index (Phi) is 7.58. The zero-order chi connectivity index (χ0) is 20.2. The number of carbonyl (C=O) groups excluding carboxylic acids is 2. The van der Waals surface area contributed by atoms with Crippen molar-refractivity contribution in [3.05, 3.63) is 32.8 Å². The Hall–Kier alpha value is -1.26. The summed E-state index contributed by atoms with van der Waals surface area (Å²) in [6.07, 6.45) is 4.33. The van der Waals surface area contributed by atoms with Crippen molar-refractivity contribution in [1.82, 2.24) is 5.32 Å². The van der Waals surface area contributed by atoms with Crippen molar-refractivity contribution in [2.75, 3.05) is 6.61 Å². The molecule has 1 aromatic rings. The van der Waals surface area contributed by atoms with Crippen LogP contribution >= 0.6 is 23.2 Å². The number of carbonyl (C=O) groups is 2. The molecule has 1 saturated carbocycles. The Morgan fingerprint density at radius 1 is 1.22 bits per heavy atom. The van der Waals surface area contributed by atoms with Crippen LogP contribution < -0.4 is 5.32 Å². The summed E-state index contributed by atoms with van der Waals surface area (Å²) in [6.45, 7) is 8.02. The lowest BCUT2D eigenvalue weighted by molar-refractivity contribution is -0.155. The summed E-state index contributed by atoms with van der Waals surface area (Å²) < 4.78 is 5.29. The number of ether oxygens (including phenoxy) is 1. The van der Waals surface area contributed by atoms with Crippen molar-refractivity contribution in [3.63, 3.8) is 0 Å². The number of nitrogens with one attached hydrogen (secondary N) is 1. The van der Waals surface area contributed by atoms with Crippen LogP contribution in [0.4, 0.5) is 0 Å². The Balaban J connectivity index is 2.20. The van der Waals surface area contributed by atoms with E-state index in [4.69, 9.17) is 27.9 Å². The summed E-state index contributed by atoms with van der Waals surface area (Å²) >= 11 is 12.4. The molecule has 1 N–H and O–H groups in total. The molecular formula is C21H29Cl2NO3. The normalized spacial score (nSPS) is 22.4. The summed E-state index contributed by atoms with van der Waals surface area (Å²) in [5.41, 5.74) is 1.65. The highest BCUT2D eigenvalue weighted by Gasteiger charge is 2.44. The van der Waals surface area contributed by atoms with Crippen LogP contribution in [0.1, 0.15) is 62.6 Å². The molecule has 1 aromatic carbocycles. The maximum Gasteiger partial charge on any atom is 0.331 e. The summed E-state index contributed by atoms with van der Waals surface area (Å²) in [5.74, 6) is 0.0853. The minimum atomic E-state index is -0.920. The van der Waals surface area contributed by atoms with Gasteiger partial charge in [0.2, 0.25) is 5.91 Å². The zero-order valence-electron chi connectivity index (χ0n) is 16.6. The molecule has 1 fully saturated rings. The summed E-state index contributed by atoms with van der Waals surface area (Å²) in [7, 11) is 0. The molecule has 6 heteroatoms. The number of amides is 1. The predicted molar refractivity (Wildman–Crippen MR) is 109 cm³/mol. The average Bonchev–Trinajstić information content (AvgIpc) is 2.64. The van der Waals surface area contributed by atoms with Crippen LogP contribution in [0.3, 0.4) is 0 Å². The second-order valence-corrected chi connectivity index (χ2v) is 8.26. The molecule has 0 spiro atoms. The van der Waals surface area contributed by atoms with E-state index in [1.807, 2.05) is 13.8 Å². The maximum atomic E-state index is 12.9. The van der Waals surface area contributed by atoms with E-state index in [1.54, 1.807) is 13.0 Å². The van der Waals surface area contributed by atoms with Gasteiger partial charge in [0.1, 0.15) is 5.54 Å². The van der Waals surface area contributed by atoms with E-state index < -0.39 is 5.54 Å². The summed E-state index contributed by atoms with van der Waals surface area (Å²) in [5, 5.41) is 3.96. The van der Waals surface area contributed by atoms with Gasteiger partial charge in [-0.1, -0.05) is 36.5 Å². The number of benzene rings is 1. The van der Waals surface area contributed by atoms with Crippen molar-refractivity contribution in [1.29, 1.82) is 0 Å². The van der Waals surface area contributed by atoms with Crippen LogP contribution in [-0.4, -0.2) is 24.0 Å². The third kappa shape index (κ3) is 4.97. The largest absolute Gasteiger partial charge is 0.464 e. The first-order valence-corrected chi connectivity index (χ1v) is 10.4. The molecule has 1 aliphatic rings. The number of esters is 1. The fraction of sp³-hybridized carbons (Fsp3) is 0.619. The fourth-order valence-corrected chi connectivity index (χ4v) is 4.39. The predicted octanol–water partition coefficient (Wildman–Crippen LogP) is 5.17. The van der Waals surface area contributed by atoms with E-state index in [2.05, 4.69) is 12.2 Å². The Labute approximate surface area is 171 Å². The number of aryl methyl sites for hydroxylation is 1. The molecule has 27 heavy (non-hydrogen) atoms. The molecule has 0 radical (unpaired) electrons. The minimum Gasteiger partial charge on any atom is -0.464 e. The second-order valence-electron chi connectivity index (χ2n) is 7.47. The van der Waals surface area contributed by atoms with E-state index in [-0.39, 0.29) is 18.3 Å². The smallest absolute Gasteiger partial charge is 0.331 e. The molecule has 150 valence electrons. The molecule has 4 nitrogen and oxygen atoms in total. The van der Waals surface area contributed by atoms with E-state index in [1.165, 1.54) is 0 Å².